The van der Waals surface area contributed by atoms with Crippen LogP contribution in [-0.4, -0.2) is 78.8 Å². The van der Waals surface area contributed by atoms with E-state index < -0.39 is 0 Å². The molecule has 2 atom stereocenters. The van der Waals surface area contributed by atoms with Crippen molar-refractivity contribution in [2.24, 2.45) is 4.99 Å². The van der Waals surface area contributed by atoms with E-state index in [-0.39, 0.29) is 18.8 Å². The van der Waals surface area contributed by atoms with E-state index in [1.807, 2.05) is 38.3 Å². The van der Waals surface area contributed by atoms with Crippen molar-refractivity contribution in [1.29, 1.82) is 0 Å². The van der Waals surface area contributed by atoms with Crippen LogP contribution in [0.25, 0.3) is 0 Å². The van der Waals surface area contributed by atoms with Gasteiger partial charge in [0, 0.05) is 44.1 Å². The van der Waals surface area contributed by atoms with Gasteiger partial charge >= 0.3 is 0 Å². The van der Waals surface area contributed by atoms with Crippen molar-refractivity contribution in [2.45, 2.75) is 38.8 Å². The van der Waals surface area contributed by atoms with Crippen LogP contribution in [0.4, 0.5) is 0 Å². The fraction of sp³-hybridized carbons (Fsp3) is 0.542. The quantitative estimate of drug-likeness (QED) is 0.514. The lowest BCUT2D eigenvalue weighted by atomic mass is 10.0. The van der Waals surface area contributed by atoms with Crippen molar-refractivity contribution in [3.05, 3.63) is 53.8 Å². The zero-order valence-electron chi connectivity index (χ0n) is 18.6. The van der Waals surface area contributed by atoms with Crippen molar-refractivity contribution in [2.75, 3.05) is 46.4 Å². The van der Waals surface area contributed by atoms with Gasteiger partial charge in [0.2, 0.25) is 0 Å². The van der Waals surface area contributed by atoms with E-state index in [1.165, 1.54) is 5.56 Å². The Labute approximate surface area is 181 Å². The van der Waals surface area contributed by atoms with Crippen molar-refractivity contribution < 1.29 is 14.9 Å². The highest BCUT2D eigenvalue weighted by molar-refractivity contribution is 5.78. The molecule has 1 unspecified atom stereocenters. The van der Waals surface area contributed by atoms with Gasteiger partial charge < -0.3 is 14.9 Å². The Hall–Kier alpha value is -1.99. The van der Waals surface area contributed by atoms with Crippen LogP contribution >= 0.6 is 0 Å². The predicted molar refractivity (Wildman–Crippen MR) is 123 cm³/mol. The molecule has 0 amide bonds. The number of allylic oxidation sites excluding steroid dienone is 2. The molecule has 6 heteroatoms. The number of rotatable bonds is 12. The number of β-amino-alcohol motifs (C(OH)–C–C–N with tert-alkyl or cyclic N) is 1. The van der Waals surface area contributed by atoms with Gasteiger partial charge in [0.1, 0.15) is 12.4 Å². The Morgan fingerprint density at radius 1 is 1.40 bits per heavy atom. The smallest absolute Gasteiger partial charge is 0.119 e. The largest absolute Gasteiger partial charge is 0.491 e. The Bertz CT molecular complexity index is 715. The summed E-state index contributed by atoms with van der Waals surface area (Å²) in [6.45, 7) is 11.8. The van der Waals surface area contributed by atoms with Gasteiger partial charge in [-0.2, -0.15) is 0 Å². The molecule has 1 aliphatic rings. The Balaban J connectivity index is 2.04. The first-order valence-electron chi connectivity index (χ1n) is 10.7. The van der Waals surface area contributed by atoms with Gasteiger partial charge in [0.25, 0.3) is 0 Å². The number of likely N-dealkylation sites (tertiary alicyclic amines) is 1. The molecule has 1 aromatic carbocycles. The second-order valence-electron chi connectivity index (χ2n) is 7.94. The summed E-state index contributed by atoms with van der Waals surface area (Å²) in [7, 11) is 2.13. The second-order valence-corrected chi connectivity index (χ2v) is 7.94. The molecule has 0 bridgehead atoms. The molecule has 1 saturated heterocycles. The van der Waals surface area contributed by atoms with Crippen LogP contribution in [0.1, 0.15) is 38.3 Å². The lowest BCUT2D eigenvalue weighted by molar-refractivity contribution is 0.150. The molecule has 0 aliphatic carbocycles. The van der Waals surface area contributed by atoms with Crippen molar-refractivity contribution in [3.8, 4) is 5.75 Å². The molecule has 1 heterocycles. The Kier molecular flexibility index (Phi) is 10.2. The molecule has 1 aliphatic heterocycles. The van der Waals surface area contributed by atoms with Crippen LogP contribution in [0, 0.1) is 0 Å². The molecular formula is C24H37N3O3. The first kappa shape index (κ1) is 24.3. The van der Waals surface area contributed by atoms with Gasteiger partial charge in [-0.15, -0.1) is 0 Å². The molecule has 2 N–H and O–H groups in total. The molecule has 1 fully saturated rings. The fourth-order valence-electron chi connectivity index (χ4n) is 3.48. The zero-order chi connectivity index (χ0) is 21.9. The van der Waals surface area contributed by atoms with E-state index in [2.05, 4.69) is 40.6 Å². The summed E-state index contributed by atoms with van der Waals surface area (Å²) in [5, 5.41) is 18.9. The summed E-state index contributed by atoms with van der Waals surface area (Å²) in [5.74, 6) is 0.759. The standard InChI is InChI=1S/C24H37N3O3/c1-5-20(3)25-16-19(2)10-12-26(4)24(18-27-13-11-22(29)17-27)21-6-8-23(9-7-21)30-15-14-28/h5-9,16,22,24,28-29H,2,10-15,17-18H2,1,3-4H3/b20-5-,25-16?/t22?,24-/m1/s1. The number of aliphatic hydroxyl groups excluding tert-OH is 2. The average Bonchev–Trinajstić information content (AvgIpc) is 3.17. The molecular weight excluding hydrogens is 378 g/mol. The number of likely N-dealkylation sites (N-methyl/N-ethyl adjacent to an activating group) is 1. The van der Waals surface area contributed by atoms with E-state index in [9.17, 15) is 5.11 Å². The molecule has 1 aromatic rings. The molecule has 30 heavy (non-hydrogen) atoms. The molecule has 166 valence electrons. The van der Waals surface area contributed by atoms with Crippen LogP contribution < -0.4 is 4.74 Å². The SMILES string of the molecule is C=C(C=N/C(C)=C\C)CCN(C)[C@H](CN1CCC(O)C1)c1ccc(OCCO)cc1. The van der Waals surface area contributed by atoms with Gasteiger partial charge in [0.05, 0.1) is 12.7 Å². The minimum atomic E-state index is -0.226. The highest BCUT2D eigenvalue weighted by Gasteiger charge is 2.26. The van der Waals surface area contributed by atoms with E-state index in [0.29, 0.717) is 6.61 Å². The summed E-state index contributed by atoms with van der Waals surface area (Å²) < 4.78 is 5.49. The van der Waals surface area contributed by atoms with Crippen molar-refractivity contribution >= 4 is 6.21 Å². The van der Waals surface area contributed by atoms with Crippen LogP contribution in [0.3, 0.4) is 0 Å². The van der Waals surface area contributed by atoms with Crippen LogP contribution in [0.5, 0.6) is 5.75 Å². The van der Waals surface area contributed by atoms with E-state index in [4.69, 9.17) is 9.84 Å². The van der Waals surface area contributed by atoms with Crippen molar-refractivity contribution in [3.63, 3.8) is 0 Å². The van der Waals surface area contributed by atoms with Gasteiger partial charge in [-0.1, -0.05) is 24.8 Å². The monoisotopic (exact) mass is 415 g/mol. The van der Waals surface area contributed by atoms with Crippen molar-refractivity contribution in [1.82, 2.24) is 9.80 Å². The van der Waals surface area contributed by atoms with Crippen LogP contribution in [-0.2, 0) is 0 Å². The second kappa shape index (κ2) is 12.6. The molecule has 2 rings (SSSR count). The summed E-state index contributed by atoms with van der Waals surface area (Å²) in [6.07, 6.45) is 5.28. The molecule has 0 saturated carbocycles. The summed E-state index contributed by atoms with van der Waals surface area (Å²) in [6, 6.07) is 8.29. The lowest BCUT2D eigenvalue weighted by Crippen LogP contribution is -2.36. The third-order valence-electron chi connectivity index (χ3n) is 5.49. The summed E-state index contributed by atoms with van der Waals surface area (Å²) in [4.78, 5) is 9.07. The highest BCUT2D eigenvalue weighted by atomic mass is 16.5. The lowest BCUT2D eigenvalue weighted by Gasteiger charge is -2.32. The number of hydrogen-bond acceptors (Lipinski definition) is 6. The van der Waals surface area contributed by atoms with Crippen LogP contribution in [0.15, 0.2) is 53.2 Å². The van der Waals surface area contributed by atoms with Gasteiger partial charge in [-0.3, -0.25) is 14.8 Å². The molecule has 0 aromatic heterocycles. The number of nitrogens with zero attached hydrogens (tertiary/aromatic N) is 3. The summed E-state index contributed by atoms with van der Waals surface area (Å²) in [5.41, 5.74) is 3.20. The normalized spacial score (nSPS) is 19.0. The Morgan fingerprint density at radius 2 is 2.13 bits per heavy atom. The third-order valence-corrected chi connectivity index (χ3v) is 5.49. The number of ether oxygens (including phenoxy) is 1. The summed E-state index contributed by atoms with van der Waals surface area (Å²) >= 11 is 0. The molecule has 0 spiro atoms. The average molecular weight is 416 g/mol. The number of hydrogen-bond donors (Lipinski definition) is 2. The predicted octanol–water partition coefficient (Wildman–Crippen LogP) is 3.04. The first-order chi connectivity index (χ1) is 14.4. The van der Waals surface area contributed by atoms with E-state index in [0.717, 1.165) is 56.0 Å². The highest BCUT2D eigenvalue weighted by Crippen LogP contribution is 2.25. The maximum absolute atomic E-state index is 9.92. The minimum absolute atomic E-state index is 0.00512. The van der Waals surface area contributed by atoms with Crippen LogP contribution in [0.2, 0.25) is 0 Å². The molecule has 0 radical (unpaired) electrons. The maximum Gasteiger partial charge on any atom is 0.119 e. The van der Waals surface area contributed by atoms with Gasteiger partial charge in [-0.05, 0) is 57.0 Å². The first-order valence-corrected chi connectivity index (χ1v) is 10.7. The topological polar surface area (TPSA) is 68.5 Å². The maximum atomic E-state index is 9.92. The third kappa shape index (κ3) is 8.03. The minimum Gasteiger partial charge on any atom is -0.491 e. The fourth-order valence-corrected chi connectivity index (χ4v) is 3.48. The molecule has 6 nitrogen and oxygen atoms in total. The van der Waals surface area contributed by atoms with E-state index in [1.54, 1.807) is 0 Å². The Morgan fingerprint density at radius 3 is 2.73 bits per heavy atom. The number of aliphatic imine (C=N–C) groups is 1. The van der Waals surface area contributed by atoms with Gasteiger partial charge in [0.15, 0.2) is 0 Å². The number of benzene rings is 1. The van der Waals surface area contributed by atoms with E-state index >= 15 is 0 Å². The number of aliphatic hydroxyl groups is 2. The zero-order valence-corrected chi connectivity index (χ0v) is 18.6. The van der Waals surface area contributed by atoms with Gasteiger partial charge in [-0.25, -0.2) is 0 Å².